The molecule has 12 nitrogen and oxygen atoms in total. The summed E-state index contributed by atoms with van der Waals surface area (Å²) < 4.78 is 1.46. The normalized spacial score (nSPS) is 24.5. The number of aryl methyl sites for hydroxylation is 1. The molecule has 4 rings (SSSR count). The number of nitrogen functional groups attached to an aromatic ring is 1. The van der Waals surface area contributed by atoms with E-state index in [-0.39, 0.29) is 71.0 Å². The summed E-state index contributed by atoms with van der Waals surface area (Å²) in [5.41, 5.74) is 5.95. The van der Waals surface area contributed by atoms with Gasteiger partial charge >= 0.3 is 35.5 Å². The molecule has 0 radical (unpaired) electrons. The minimum absolute atomic E-state index is 0. The van der Waals surface area contributed by atoms with Crippen LogP contribution in [0.25, 0.3) is 5.57 Å². The molecule has 0 aromatic carbocycles. The van der Waals surface area contributed by atoms with Crippen LogP contribution in [0, 0.1) is 5.41 Å². The number of carbonyl (C=O) groups is 3. The van der Waals surface area contributed by atoms with Gasteiger partial charge in [-0.05, 0) is 10.4 Å². The van der Waals surface area contributed by atoms with E-state index in [1.54, 1.807) is 12.4 Å². The molecule has 0 bridgehead atoms. The van der Waals surface area contributed by atoms with Crippen molar-refractivity contribution < 1.29 is 50.5 Å². The van der Waals surface area contributed by atoms with Crippen LogP contribution in [-0.4, -0.2) is 82.4 Å². The van der Waals surface area contributed by atoms with Crippen LogP contribution >= 0.6 is 46.5 Å². The number of thioether (sulfide) groups is 2. The monoisotopic (exact) mass is 540 g/mol. The average Bonchev–Trinajstić information content (AvgIpc) is 3.38. The van der Waals surface area contributed by atoms with Crippen molar-refractivity contribution in [2.75, 3.05) is 23.8 Å². The van der Waals surface area contributed by atoms with Gasteiger partial charge in [0, 0.05) is 36.0 Å². The number of anilines is 1. The first-order valence-electron chi connectivity index (χ1n) is 9.09. The number of rotatable bonds is 7. The molecule has 0 spiro atoms. The van der Waals surface area contributed by atoms with Gasteiger partial charge < -0.3 is 22.5 Å². The summed E-state index contributed by atoms with van der Waals surface area (Å²) in [5, 5.41) is 25.7. The first kappa shape index (κ1) is 26.2. The van der Waals surface area contributed by atoms with E-state index in [2.05, 4.69) is 25.8 Å². The van der Waals surface area contributed by atoms with Crippen molar-refractivity contribution in [1.82, 2.24) is 35.4 Å². The molecule has 0 saturated carbocycles. The quantitative estimate of drug-likeness (QED) is 0.143. The maximum Gasteiger partial charge on any atom is 1.00 e. The topological polar surface area (TPSA) is 169 Å². The molecule has 2 saturated heterocycles. The number of β-lactam (4-membered cyclic amide) rings is 1. The Morgan fingerprint density at radius 1 is 1.55 bits per heavy atom. The second-order valence-corrected chi connectivity index (χ2v) is 10.3. The summed E-state index contributed by atoms with van der Waals surface area (Å²) in [6.45, 7) is 0.0320. The maximum atomic E-state index is 12.8. The number of carbonyl (C=O) groups excluding carboxylic acids is 2. The Morgan fingerprint density at radius 3 is 2.88 bits per heavy atom. The summed E-state index contributed by atoms with van der Waals surface area (Å²) in [7, 11) is 1.66. The minimum atomic E-state index is -1.16. The number of nitrogens with two attached hydrogens (primary N) is 1. The third kappa shape index (κ3) is 5.04. The van der Waals surface area contributed by atoms with Crippen molar-refractivity contribution in [3.8, 4) is 0 Å². The van der Waals surface area contributed by atoms with Crippen LogP contribution in [0.2, 0.25) is 0 Å². The number of hydrogen-bond acceptors (Lipinski definition) is 11. The third-order valence-corrected chi connectivity index (χ3v) is 8.88. The molecule has 172 valence electrons. The molecule has 2 fully saturated rings. The van der Waals surface area contributed by atoms with Gasteiger partial charge in [-0.15, -0.1) is 28.2 Å². The van der Waals surface area contributed by atoms with Crippen molar-refractivity contribution in [2.45, 2.75) is 16.6 Å². The van der Waals surface area contributed by atoms with E-state index in [0.29, 0.717) is 10.9 Å². The van der Waals surface area contributed by atoms with Gasteiger partial charge in [-0.1, -0.05) is 23.4 Å². The Labute approximate surface area is 228 Å². The zero-order valence-corrected chi connectivity index (χ0v) is 22.7. The number of aliphatic carboxylic acids is 1. The Balaban J connectivity index is 0.00000204. The number of aromatic nitrogens is 5. The summed E-state index contributed by atoms with van der Waals surface area (Å²) in [4.78, 5) is 43.1. The minimum Gasteiger partial charge on any atom is -1.00 e. The van der Waals surface area contributed by atoms with E-state index in [1.165, 1.54) is 44.4 Å². The van der Waals surface area contributed by atoms with E-state index in [4.69, 9.17) is 17.3 Å². The maximum absolute atomic E-state index is 12.8. The zero-order chi connectivity index (χ0) is 23.0. The molecule has 3 atom stereocenters. The molecule has 2 aromatic heterocycles. The van der Waals surface area contributed by atoms with E-state index in [1.807, 2.05) is 0 Å². The summed E-state index contributed by atoms with van der Waals surface area (Å²) in [5.74, 6) is -1.44. The fraction of sp³-hybridized carbons (Fsp3) is 0.438. The van der Waals surface area contributed by atoms with Crippen molar-refractivity contribution in [3.63, 3.8) is 0 Å². The number of thiazole rings is 1. The fourth-order valence-electron chi connectivity index (χ4n) is 3.30. The largest absolute Gasteiger partial charge is 1.00 e. The van der Waals surface area contributed by atoms with Crippen LogP contribution in [-0.2, 0) is 21.4 Å². The van der Waals surface area contributed by atoms with Gasteiger partial charge in [0.1, 0.15) is 16.8 Å². The van der Waals surface area contributed by atoms with Crippen LogP contribution in [0.3, 0.4) is 0 Å². The van der Waals surface area contributed by atoms with Crippen molar-refractivity contribution >= 4 is 74.9 Å². The molecule has 2 aromatic rings. The molecule has 2 amide bonds. The van der Waals surface area contributed by atoms with Gasteiger partial charge in [0.15, 0.2) is 5.13 Å². The molecule has 4 heterocycles. The second kappa shape index (κ2) is 10.5. The number of nitrogens with one attached hydrogen (secondary N) is 1. The van der Waals surface area contributed by atoms with Crippen LogP contribution in [0.15, 0.2) is 16.1 Å². The Bertz CT molecular complexity index is 1120. The number of tetrazole rings is 1. The Kier molecular flexibility index (Phi) is 8.35. The van der Waals surface area contributed by atoms with Crippen molar-refractivity contribution in [1.29, 1.82) is 0 Å². The fourth-order valence-corrected chi connectivity index (χ4v) is 6.79. The van der Waals surface area contributed by atoms with Crippen LogP contribution < -0.4 is 40.6 Å². The van der Waals surface area contributed by atoms with E-state index in [9.17, 15) is 19.5 Å². The zero-order valence-electron chi connectivity index (χ0n) is 18.5. The molecule has 2 aliphatic rings. The molecule has 2 unspecified atom stereocenters. The molecule has 4 N–H and O–H groups in total. The van der Waals surface area contributed by atoms with E-state index in [0.717, 1.165) is 5.54 Å². The summed E-state index contributed by atoms with van der Waals surface area (Å²) in [6.07, 6.45) is 0. The average molecular weight is 541 g/mol. The van der Waals surface area contributed by atoms with E-state index < -0.39 is 23.3 Å². The number of carboxylic acid groups (broad SMARTS) is 1. The molecular weight excluding hydrogens is 523 g/mol. The molecular formula is C16H18ClN8NaO4S3. The third-order valence-electron chi connectivity index (χ3n) is 5.10. The van der Waals surface area contributed by atoms with Gasteiger partial charge in [0.25, 0.3) is 5.91 Å². The van der Waals surface area contributed by atoms with Gasteiger partial charge in [-0.3, -0.25) is 14.4 Å². The van der Waals surface area contributed by atoms with Crippen LogP contribution in [0.5, 0.6) is 0 Å². The number of halogens is 1. The Morgan fingerprint density at radius 2 is 2.30 bits per heavy atom. The van der Waals surface area contributed by atoms with Gasteiger partial charge in [-0.2, -0.15) is 0 Å². The van der Waals surface area contributed by atoms with Crippen molar-refractivity contribution in [3.05, 3.63) is 16.6 Å². The summed E-state index contributed by atoms with van der Waals surface area (Å²) >= 11 is 9.50. The number of nitrogens with zero attached hydrogens (tertiary/aromatic N) is 6. The Hall–Kier alpha value is -1.36. The van der Waals surface area contributed by atoms with Gasteiger partial charge in [0.2, 0.25) is 11.1 Å². The molecule has 33 heavy (non-hydrogen) atoms. The predicted octanol–water partition coefficient (Wildman–Crippen LogP) is -2.79. The van der Waals surface area contributed by atoms with Gasteiger partial charge in [-0.25, -0.2) is 9.67 Å². The number of carboxylic acids is 1. The molecule has 17 heteroatoms. The molecule has 0 aliphatic carbocycles. The number of fused-ring (bicyclic) bond motifs is 1. The predicted molar refractivity (Wildman–Crippen MR) is 121 cm³/mol. The number of hydrogen-bond donors (Lipinski definition) is 3. The van der Waals surface area contributed by atoms with Crippen LogP contribution in [0.1, 0.15) is 7.12 Å². The van der Waals surface area contributed by atoms with Crippen molar-refractivity contribution in [2.24, 2.45) is 12.5 Å². The summed E-state index contributed by atoms with van der Waals surface area (Å²) in [6, 6.07) is -0.780. The number of amides is 2. The smallest absolute Gasteiger partial charge is 1.00 e. The standard InChI is InChI=1S/C16H17ClN8O4S3.Na.H/c1-24-15(21-22-23-24)32-6-16(13(28)29)4-25-11(27)9(12(25)31-5-16)20-10(26)7(2-17)8-3-30-14(18)19-8;;/h2-3,9,12H,4-6H2,1H3,(H2,18,19)(H,20,26)(H,28,29);;/q;+1;-1/t9?,12-,16?;;/m1../s1. The van der Waals surface area contributed by atoms with Gasteiger partial charge in [0.05, 0.1) is 11.3 Å². The first-order valence-corrected chi connectivity index (χ1v) is 12.4. The molecule has 2 aliphatic heterocycles. The van der Waals surface area contributed by atoms with Crippen LogP contribution in [0.4, 0.5) is 5.13 Å². The first-order chi connectivity index (χ1) is 15.3. The second-order valence-electron chi connectivity index (χ2n) is 7.17. The van der Waals surface area contributed by atoms with E-state index >= 15 is 0 Å². The SMILES string of the molecule is Cn1nnnc1SCC1(C(=O)O)CS[C@@H]2C(NC(=O)C(=CCl)c3csc(N)n3)C(=O)N2C1.[H-].[Na+].